The number of nitrogens with zero attached hydrogens (tertiary/aromatic N) is 6. The number of rotatable bonds is 9. The average molecular weight is 559 g/mol. The molecule has 1 amide bonds. The Morgan fingerprint density at radius 2 is 2.07 bits per heavy atom. The Morgan fingerprint density at radius 3 is 2.73 bits per heavy atom. The number of nitrogens with one attached hydrogen (secondary N) is 2. The maximum Gasteiger partial charge on any atom is 0.227 e. The van der Waals surface area contributed by atoms with E-state index in [9.17, 15) is 10.1 Å². The summed E-state index contributed by atoms with van der Waals surface area (Å²) in [6, 6.07) is 8.70. The van der Waals surface area contributed by atoms with Gasteiger partial charge in [0.25, 0.3) is 0 Å². The molecule has 0 radical (unpaired) electrons. The summed E-state index contributed by atoms with van der Waals surface area (Å²) in [4.78, 5) is 23.2. The number of pyridine rings is 2. The Kier molecular flexibility index (Phi) is 8.76. The van der Waals surface area contributed by atoms with Gasteiger partial charge in [0.2, 0.25) is 5.91 Å². The predicted octanol–water partition coefficient (Wildman–Crippen LogP) is 3.32. The molecular formula is C31H42N8O2. The SMILES string of the molecule is CCOc1cc(-c2ccc(N3CCC(CN4CCN[C@@H](C)C4)(C(=O)NCC(C)C)CC3)nc2)c2c(C#N)cnn2c1. The largest absolute Gasteiger partial charge is 0.492 e. The first-order chi connectivity index (χ1) is 19.8. The molecule has 3 aromatic rings. The van der Waals surface area contributed by atoms with E-state index >= 15 is 0 Å². The summed E-state index contributed by atoms with van der Waals surface area (Å²) < 4.78 is 7.45. The van der Waals surface area contributed by atoms with Crippen molar-refractivity contribution in [2.75, 3.05) is 57.3 Å². The molecule has 0 bridgehead atoms. The molecule has 3 aromatic heterocycles. The van der Waals surface area contributed by atoms with Gasteiger partial charge in [0.05, 0.1) is 35.5 Å². The number of aromatic nitrogens is 3. The van der Waals surface area contributed by atoms with E-state index in [0.29, 0.717) is 36.4 Å². The zero-order valence-electron chi connectivity index (χ0n) is 24.7. The van der Waals surface area contributed by atoms with Crippen LogP contribution in [0.1, 0.15) is 46.1 Å². The Balaban J connectivity index is 1.34. The fraction of sp³-hybridized carbons (Fsp3) is 0.548. The van der Waals surface area contributed by atoms with Crippen LogP contribution in [0, 0.1) is 22.7 Å². The van der Waals surface area contributed by atoms with E-state index in [-0.39, 0.29) is 5.91 Å². The Bertz CT molecular complexity index is 1390. The molecule has 10 heteroatoms. The van der Waals surface area contributed by atoms with Crippen LogP contribution in [0.25, 0.3) is 16.6 Å². The van der Waals surface area contributed by atoms with Crippen LogP contribution < -0.4 is 20.3 Å². The summed E-state index contributed by atoms with van der Waals surface area (Å²) in [5.41, 5.74) is 2.60. The topological polar surface area (TPSA) is 111 Å². The number of hydrogen-bond acceptors (Lipinski definition) is 8. The number of anilines is 1. The summed E-state index contributed by atoms with van der Waals surface area (Å²) in [6.07, 6.45) is 6.81. The third-order valence-corrected chi connectivity index (χ3v) is 8.25. The predicted molar refractivity (Wildman–Crippen MR) is 160 cm³/mol. The molecule has 5 heterocycles. The second kappa shape index (κ2) is 12.5. The van der Waals surface area contributed by atoms with E-state index < -0.39 is 5.41 Å². The fourth-order valence-electron chi connectivity index (χ4n) is 6.07. The molecule has 2 fully saturated rings. The molecule has 0 spiro atoms. The van der Waals surface area contributed by atoms with Crippen LogP contribution in [0.2, 0.25) is 0 Å². The highest BCUT2D eigenvalue weighted by atomic mass is 16.5. The van der Waals surface area contributed by atoms with Gasteiger partial charge in [0, 0.05) is 69.2 Å². The number of nitriles is 1. The molecule has 0 aromatic carbocycles. The standard InChI is InChI=1S/C31H42N8O2/c1-5-41-26-14-27(29-25(15-32)18-36-39(29)20-26)24-6-7-28(34-17-24)38-11-8-31(9-12-38,30(40)35-16-22(2)3)21-37-13-10-33-23(4)19-37/h6-7,14,17-18,20,22-23,33H,5,8-13,16,19,21H2,1-4H3,(H,35,40)/t23-/m0/s1. The first kappa shape index (κ1) is 28.8. The molecule has 0 saturated carbocycles. The molecule has 41 heavy (non-hydrogen) atoms. The molecule has 1 atom stereocenters. The van der Waals surface area contributed by atoms with Crippen molar-refractivity contribution in [1.29, 1.82) is 5.26 Å². The van der Waals surface area contributed by atoms with Crippen LogP contribution in [0.15, 0.2) is 36.8 Å². The van der Waals surface area contributed by atoms with E-state index in [1.807, 2.05) is 31.3 Å². The fourth-order valence-corrected chi connectivity index (χ4v) is 6.07. The van der Waals surface area contributed by atoms with Crippen molar-refractivity contribution >= 4 is 17.2 Å². The molecule has 5 rings (SSSR count). The molecule has 2 saturated heterocycles. The lowest BCUT2D eigenvalue weighted by Crippen LogP contribution is -2.58. The lowest BCUT2D eigenvalue weighted by atomic mass is 9.76. The molecule has 0 aliphatic carbocycles. The van der Waals surface area contributed by atoms with Crippen molar-refractivity contribution in [3.8, 4) is 22.9 Å². The highest BCUT2D eigenvalue weighted by Crippen LogP contribution is 2.36. The zero-order chi connectivity index (χ0) is 29.0. The van der Waals surface area contributed by atoms with Gasteiger partial charge < -0.3 is 20.3 Å². The maximum atomic E-state index is 13.6. The number of hydrogen-bond donors (Lipinski definition) is 2. The summed E-state index contributed by atoms with van der Waals surface area (Å²) in [5, 5.41) is 20.8. The maximum absolute atomic E-state index is 13.6. The molecule has 2 aliphatic heterocycles. The van der Waals surface area contributed by atoms with Crippen molar-refractivity contribution in [2.24, 2.45) is 11.3 Å². The minimum Gasteiger partial charge on any atom is -0.492 e. The van der Waals surface area contributed by atoms with Gasteiger partial charge in [-0.2, -0.15) is 10.4 Å². The Labute approximate surface area is 242 Å². The lowest BCUT2D eigenvalue weighted by Gasteiger charge is -2.45. The minimum absolute atomic E-state index is 0.188. The number of piperazine rings is 1. The van der Waals surface area contributed by atoms with E-state index in [1.165, 1.54) is 0 Å². The number of ether oxygens (including phenoxy) is 1. The molecule has 10 nitrogen and oxygen atoms in total. The first-order valence-electron chi connectivity index (χ1n) is 14.8. The summed E-state index contributed by atoms with van der Waals surface area (Å²) in [5.74, 6) is 2.19. The normalized spacial score (nSPS) is 19.3. The second-order valence-electron chi connectivity index (χ2n) is 11.9. The first-order valence-corrected chi connectivity index (χ1v) is 14.8. The van der Waals surface area contributed by atoms with E-state index in [1.54, 1.807) is 16.9 Å². The summed E-state index contributed by atoms with van der Waals surface area (Å²) in [6.45, 7) is 14.9. The van der Waals surface area contributed by atoms with Crippen molar-refractivity contribution < 1.29 is 9.53 Å². The van der Waals surface area contributed by atoms with Gasteiger partial charge >= 0.3 is 0 Å². The van der Waals surface area contributed by atoms with Crippen LogP contribution in [0.3, 0.4) is 0 Å². The number of piperidine rings is 1. The Morgan fingerprint density at radius 1 is 1.27 bits per heavy atom. The van der Waals surface area contributed by atoms with Crippen LogP contribution in [0.5, 0.6) is 5.75 Å². The minimum atomic E-state index is -0.399. The van der Waals surface area contributed by atoms with E-state index in [4.69, 9.17) is 9.72 Å². The Hall–Kier alpha value is -3.68. The summed E-state index contributed by atoms with van der Waals surface area (Å²) >= 11 is 0. The summed E-state index contributed by atoms with van der Waals surface area (Å²) in [7, 11) is 0. The smallest absolute Gasteiger partial charge is 0.227 e. The van der Waals surface area contributed by atoms with Gasteiger partial charge in [-0.3, -0.25) is 9.69 Å². The average Bonchev–Trinajstić information content (AvgIpc) is 3.39. The van der Waals surface area contributed by atoms with Gasteiger partial charge in [-0.1, -0.05) is 13.8 Å². The second-order valence-corrected chi connectivity index (χ2v) is 11.9. The van der Waals surface area contributed by atoms with Crippen molar-refractivity contribution in [3.05, 3.63) is 42.4 Å². The van der Waals surface area contributed by atoms with Gasteiger partial charge in [-0.25, -0.2) is 9.50 Å². The number of amides is 1. The number of carbonyl (C=O) groups is 1. The third kappa shape index (κ3) is 6.31. The lowest BCUT2D eigenvalue weighted by molar-refractivity contribution is -0.134. The third-order valence-electron chi connectivity index (χ3n) is 8.25. The van der Waals surface area contributed by atoms with E-state index in [2.05, 4.69) is 52.4 Å². The van der Waals surface area contributed by atoms with Crippen molar-refractivity contribution in [2.45, 2.75) is 46.6 Å². The number of fused-ring (bicyclic) bond motifs is 1. The van der Waals surface area contributed by atoms with Crippen LogP contribution in [-0.2, 0) is 4.79 Å². The molecular weight excluding hydrogens is 516 g/mol. The van der Waals surface area contributed by atoms with Crippen molar-refractivity contribution in [3.63, 3.8) is 0 Å². The van der Waals surface area contributed by atoms with E-state index in [0.717, 1.165) is 74.6 Å². The number of carbonyl (C=O) groups excluding carboxylic acids is 1. The van der Waals surface area contributed by atoms with Gasteiger partial charge in [-0.15, -0.1) is 0 Å². The van der Waals surface area contributed by atoms with Gasteiger partial charge in [-0.05, 0) is 50.8 Å². The molecule has 2 N–H and O–H groups in total. The zero-order valence-corrected chi connectivity index (χ0v) is 24.7. The van der Waals surface area contributed by atoms with Crippen molar-refractivity contribution in [1.82, 2.24) is 30.1 Å². The monoisotopic (exact) mass is 558 g/mol. The van der Waals surface area contributed by atoms with Crippen LogP contribution in [0.4, 0.5) is 5.82 Å². The van der Waals surface area contributed by atoms with Gasteiger partial charge in [0.1, 0.15) is 17.6 Å². The highest BCUT2D eigenvalue weighted by molar-refractivity contribution is 5.85. The van der Waals surface area contributed by atoms with Crippen LogP contribution >= 0.6 is 0 Å². The van der Waals surface area contributed by atoms with Gasteiger partial charge in [0.15, 0.2) is 0 Å². The molecule has 0 unspecified atom stereocenters. The molecule has 218 valence electrons. The van der Waals surface area contributed by atoms with Crippen LogP contribution in [-0.4, -0.2) is 83.9 Å². The quantitative estimate of drug-likeness (QED) is 0.412. The highest BCUT2D eigenvalue weighted by Gasteiger charge is 2.43. The molecule has 2 aliphatic rings.